The number of nitrogens with zero attached hydrogens (tertiary/aromatic N) is 4. The largest absolute Gasteiger partial charge is 0.497 e. The van der Waals surface area contributed by atoms with Crippen LogP contribution < -0.4 is 19.3 Å². The van der Waals surface area contributed by atoms with Crippen LogP contribution in [0.5, 0.6) is 11.5 Å². The molecule has 0 N–H and O–H groups in total. The Morgan fingerprint density at radius 2 is 0.636 bits per heavy atom. The molecule has 0 unspecified atom stereocenters. The molecule has 66 heavy (non-hydrogen) atoms. The number of hydrogen-bond acceptors (Lipinski definition) is 4. The molecule has 12 rings (SSSR count). The van der Waals surface area contributed by atoms with Crippen molar-refractivity contribution >= 4 is 88.5 Å². The lowest BCUT2D eigenvalue weighted by Crippen LogP contribution is -2.12. The topological polar surface area (TPSA) is 34.8 Å². The number of rotatable bonds is 10. The SMILES string of the molecule is COc1ccc(N(c2ccc3c(c2)c2ccccc2n3-c2ccccc2)c2cccc3c(N(c4ccc(OC)cc4)c4ccc5c(c4)c4ccccc4n5-c4ccccc4)cccc23)cc1. The van der Waals surface area contributed by atoms with E-state index in [2.05, 4.69) is 225 Å². The Balaban J connectivity index is 1.07. The molecule has 2 heterocycles. The standard InChI is InChI=1S/C60H44N4O2/c1-65-47-33-27-43(28-34-47)61(45-31-37-59-53(39-45)51-19-9-11-23-57(51)63(59)41-15-5-3-6-16-41)55-25-13-22-50-49(55)21-14-26-56(50)62(44-29-35-48(66-2)36-30-44)46-32-38-60-54(40-46)52-20-10-12-24-58(52)64(60)42-17-7-4-8-18-42/h3-40H,1-2H3. The van der Waals surface area contributed by atoms with Crippen molar-refractivity contribution in [2.75, 3.05) is 24.0 Å². The second-order valence-corrected chi connectivity index (χ2v) is 16.5. The highest BCUT2D eigenvalue weighted by atomic mass is 16.5. The molecular formula is C60H44N4O2. The molecule has 0 aliphatic rings. The Bertz CT molecular complexity index is 3480. The van der Waals surface area contributed by atoms with Crippen LogP contribution in [0.25, 0.3) is 65.8 Å². The fraction of sp³-hybridized carbons (Fsp3) is 0.0333. The number of anilines is 6. The summed E-state index contributed by atoms with van der Waals surface area (Å²) in [7, 11) is 3.42. The molecule has 0 radical (unpaired) electrons. The lowest BCUT2D eigenvalue weighted by atomic mass is 10.0. The molecular weight excluding hydrogens is 809 g/mol. The lowest BCUT2D eigenvalue weighted by molar-refractivity contribution is 0.414. The van der Waals surface area contributed by atoms with Gasteiger partial charge in [0, 0.05) is 66.4 Å². The molecule has 0 spiro atoms. The number of ether oxygens (including phenoxy) is 2. The maximum Gasteiger partial charge on any atom is 0.119 e. The number of methoxy groups -OCH3 is 2. The summed E-state index contributed by atoms with van der Waals surface area (Å²) < 4.78 is 16.0. The first-order valence-corrected chi connectivity index (χ1v) is 22.2. The Morgan fingerprint density at radius 1 is 0.288 bits per heavy atom. The van der Waals surface area contributed by atoms with Gasteiger partial charge in [0.25, 0.3) is 0 Å². The highest BCUT2D eigenvalue weighted by molar-refractivity contribution is 6.13. The number of benzene rings is 10. The first-order valence-electron chi connectivity index (χ1n) is 22.2. The molecule has 0 aliphatic heterocycles. The molecule has 2 aromatic heterocycles. The smallest absolute Gasteiger partial charge is 0.119 e. The van der Waals surface area contributed by atoms with Crippen molar-refractivity contribution in [3.8, 4) is 22.9 Å². The van der Waals surface area contributed by atoms with Crippen molar-refractivity contribution in [1.82, 2.24) is 9.13 Å². The molecule has 0 bridgehead atoms. The van der Waals surface area contributed by atoms with Crippen LogP contribution in [0.15, 0.2) is 231 Å². The van der Waals surface area contributed by atoms with Crippen LogP contribution in [0, 0.1) is 0 Å². The minimum absolute atomic E-state index is 0.805. The monoisotopic (exact) mass is 852 g/mol. The second-order valence-electron chi connectivity index (χ2n) is 16.5. The third kappa shape index (κ3) is 6.41. The van der Waals surface area contributed by atoms with Gasteiger partial charge in [-0.25, -0.2) is 0 Å². The van der Waals surface area contributed by atoms with E-state index in [0.29, 0.717) is 0 Å². The highest BCUT2D eigenvalue weighted by Gasteiger charge is 2.23. The molecule has 6 nitrogen and oxygen atoms in total. The summed E-state index contributed by atoms with van der Waals surface area (Å²) in [5, 5.41) is 6.98. The zero-order chi connectivity index (χ0) is 44.1. The van der Waals surface area contributed by atoms with Crippen LogP contribution in [-0.4, -0.2) is 23.4 Å². The fourth-order valence-corrected chi connectivity index (χ4v) is 9.89. The minimum Gasteiger partial charge on any atom is -0.497 e. The lowest BCUT2D eigenvalue weighted by Gasteiger charge is -2.30. The van der Waals surface area contributed by atoms with Gasteiger partial charge in [0.2, 0.25) is 0 Å². The molecule has 0 amide bonds. The molecule has 0 aliphatic carbocycles. The van der Waals surface area contributed by atoms with Gasteiger partial charge in [-0.1, -0.05) is 97.1 Å². The van der Waals surface area contributed by atoms with Gasteiger partial charge in [-0.3, -0.25) is 0 Å². The Morgan fingerprint density at radius 3 is 1.05 bits per heavy atom. The van der Waals surface area contributed by atoms with E-state index >= 15 is 0 Å². The van der Waals surface area contributed by atoms with E-state index in [9.17, 15) is 0 Å². The quantitative estimate of drug-likeness (QED) is 0.137. The third-order valence-electron chi connectivity index (χ3n) is 12.9. The minimum atomic E-state index is 0.805. The van der Waals surface area contributed by atoms with Crippen LogP contribution in [0.2, 0.25) is 0 Å². The summed E-state index contributed by atoms with van der Waals surface area (Å²) in [4.78, 5) is 4.75. The fourth-order valence-electron chi connectivity index (χ4n) is 9.89. The first kappa shape index (κ1) is 38.9. The van der Waals surface area contributed by atoms with Crippen molar-refractivity contribution in [2.45, 2.75) is 0 Å². The predicted octanol–water partition coefficient (Wildman–Crippen LogP) is 16.0. The van der Waals surface area contributed by atoms with Crippen LogP contribution in [0.3, 0.4) is 0 Å². The molecule has 316 valence electrons. The summed E-state index contributed by atoms with van der Waals surface area (Å²) in [5.74, 6) is 1.61. The zero-order valence-corrected chi connectivity index (χ0v) is 36.5. The van der Waals surface area contributed by atoms with Gasteiger partial charge in [-0.2, -0.15) is 0 Å². The van der Waals surface area contributed by atoms with Gasteiger partial charge in [-0.05, 0) is 133 Å². The predicted molar refractivity (Wildman–Crippen MR) is 275 cm³/mol. The molecule has 0 saturated heterocycles. The molecule has 0 atom stereocenters. The highest BCUT2D eigenvalue weighted by Crippen LogP contribution is 2.47. The van der Waals surface area contributed by atoms with Crippen LogP contribution in [0.4, 0.5) is 34.1 Å². The Hall–Kier alpha value is -8.74. The summed E-state index contributed by atoms with van der Waals surface area (Å²) in [6.07, 6.45) is 0. The van der Waals surface area contributed by atoms with E-state index in [1.54, 1.807) is 14.2 Å². The molecule has 12 aromatic rings. The maximum atomic E-state index is 5.66. The summed E-state index contributed by atoms with van der Waals surface area (Å²) in [6.45, 7) is 0. The number of hydrogen-bond donors (Lipinski definition) is 0. The van der Waals surface area contributed by atoms with E-state index in [1.165, 1.54) is 32.6 Å². The molecule has 6 heteroatoms. The Kier molecular flexibility index (Phi) is 9.50. The van der Waals surface area contributed by atoms with E-state index in [4.69, 9.17) is 9.47 Å². The van der Waals surface area contributed by atoms with Crippen LogP contribution >= 0.6 is 0 Å². The summed E-state index contributed by atoms with van der Waals surface area (Å²) in [6, 6.07) is 82.4. The molecule has 0 fully saturated rings. The second kappa shape index (κ2) is 16.1. The van der Waals surface area contributed by atoms with E-state index in [0.717, 1.165) is 78.8 Å². The number of aromatic nitrogens is 2. The van der Waals surface area contributed by atoms with Gasteiger partial charge in [0.1, 0.15) is 11.5 Å². The van der Waals surface area contributed by atoms with Gasteiger partial charge < -0.3 is 28.4 Å². The van der Waals surface area contributed by atoms with E-state index in [1.807, 2.05) is 24.3 Å². The van der Waals surface area contributed by atoms with E-state index in [-0.39, 0.29) is 0 Å². The van der Waals surface area contributed by atoms with Crippen LogP contribution in [-0.2, 0) is 0 Å². The maximum absolute atomic E-state index is 5.66. The van der Waals surface area contributed by atoms with E-state index < -0.39 is 0 Å². The van der Waals surface area contributed by atoms with Gasteiger partial charge >= 0.3 is 0 Å². The number of fused-ring (bicyclic) bond motifs is 7. The third-order valence-corrected chi connectivity index (χ3v) is 12.9. The van der Waals surface area contributed by atoms with Gasteiger partial charge in [-0.15, -0.1) is 0 Å². The molecule has 0 saturated carbocycles. The molecule has 10 aromatic carbocycles. The van der Waals surface area contributed by atoms with Gasteiger partial charge in [0.15, 0.2) is 0 Å². The zero-order valence-electron chi connectivity index (χ0n) is 36.5. The van der Waals surface area contributed by atoms with Crippen molar-refractivity contribution in [1.29, 1.82) is 0 Å². The summed E-state index contributed by atoms with van der Waals surface area (Å²) in [5.41, 5.74) is 13.2. The number of para-hydroxylation sites is 4. The van der Waals surface area contributed by atoms with Crippen molar-refractivity contribution < 1.29 is 9.47 Å². The first-order chi connectivity index (χ1) is 32.7. The van der Waals surface area contributed by atoms with Gasteiger partial charge in [0.05, 0.1) is 47.7 Å². The summed E-state index contributed by atoms with van der Waals surface area (Å²) >= 11 is 0. The van der Waals surface area contributed by atoms with Crippen molar-refractivity contribution in [3.63, 3.8) is 0 Å². The average Bonchev–Trinajstić information content (AvgIpc) is 3.90. The van der Waals surface area contributed by atoms with Crippen LogP contribution in [0.1, 0.15) is 0 Å². The van der Waals surface area contributed by atoms with Crippen molar-refractivity contribution in [3.05, 3.63) is 231 Å². The van der Waals surface area contributed by atoms with Crippen molar-refractivity contribution in [2.24, 2.45) is 0 Å². The Labute approximate surface area is 382 Å². The average molecular weight is 853 g/mol. The normalized spacial score (nSPS) is 11.5.